The average molecular weight is 373 g/mol. The van der Waals surface area contributed by atoms with Crippen LogP contribution in [0.1, 0.15) is 36.7 Å². The molecule has 0 bridgehead atoms. The largest absolute Gasteiger partial charge is 0.483 e. The molecule has 144 valence electrons. The first-order valence-corrected chi connectivity index (χ1v) is 8.49. The van der Waals surface area contributed by atoms with Crippen molar-refractivity contribution in [3.05, 3.63) is 53.5 Å². The van der Waals surface area contributed by atoms with Crippen molar-refractivity contribution in [3.8, 4) is 5.75 Å². The van der Waals surface area contributed by atoms with E-state index in [0.29, 0.717) is 17.4 Å². The number of rotatable bonds is 6. The van der Waals surface area contributed by atoms with Crippen molar-refractivity contribution in [1.29, 1.82) is 0 Å². The Bertz CT molecular complexity index is 800. The van der Waals surface area contributed by atoms with Crippen LogP contribution in [0.5, 0.6) is 5.75 Å². The summed E-state index contributed by atoms with van der Waals surface area (Å²) in [6, 6.07) is 9.14. The molecule has 0 fully saturated rings. The van der Waals surface area contributed by atoms with Crippen LogP contribution in [0.2, 0.25) is 0 Å². The van der Waals surface area contributed by atoms with E-state index in [0.717, 1.165) is 11.1 Å². The van der Waals surface area contributed by atoms with Gasteiger partial charge in [0.05, 0.1) is 12.8 Å². The minimum Gasteiger partial charge on any atom is -0.483 e. The number of carbonyl (C=O) groups is 3. The standard InChI is InChI=1S/C19H23N3O5/c1-12(2)14-7-6-13(3)16(9-14)27-11-17(23)21-22-19(25)18(24)20-10-15-5-4-8-26-15/h4-9,12H,10-11H2,1-3H3,(H,20,24)(H,21,23)(H,22,25). The highest BCUT2D eigenvalue weighted by Gasteiger charge is 2.15. The lowest BCUT2D eigenvalue weighted by Crippen LogP contribution is -2.49. The quantitative estimate of drug-likeness (QED) is 0.526. The summed E-state index contributed by atoms with van der Waals surface area (Å²) in [5, 5.41) is 2.36. The van der Waals surface area contributed by atoms with Gasteiger partial charge in [-0.2, -0.15) is 0 Å². The summed E-state index contributed by atoms with van der Waals surface area (Å²) in [7, 11) is 0. The van der Waals surface area contributed by atoms with Gasteiger partial charge < -0.3 is 14.5 Å². The Morgan fingerprint density at radius 3 is 2.56 bits per heavy atom. The van der Waals surface area contributed by atoms with E-state index >= 15 is 0 Å². The van der Waals surface area contributed by atoms with Crippen molar-refractivity contribution in [2.24, 2.45) is 0 Å². The van der Waals surface area contributed by atoms with Gasteiger partial charge in [-0.1, -0.05) is 26.0 Å². The van der Waals surface area contributed by atoms with Gasteiger partial charge >= 0.3 is 11.8 Å². The molecule has 0 saturated heterocycles. The summed E-state index contributed by atoms with van der Waals surface area (Å²) in [4.78, 5) is 35.1. The average Bonchev–Trinajstić information content (AvgIpc) is 3.16. The number of hydrogen-bond donors (Lipinski definition) is 3. The van der Waals surface area contributed by atoms with Gasteiger partial charge in [0, 0.05) is 0 Å². The van der Waals surface area contributed by atoms with Crippen molar-refractivity contribution in [3.63, 3.8) is 0 Å². The van der Waals surface area contributed by atoms with Gasteiger partial charge in [-0.25, -0.2) is 0 Å². The molecule has 0 unspecified atom stereocenters. The number of amides is 3. The fourth-order valence-corrected chi connectivity index (χ4v) is 2.15. The molecule has 3 amide bonds. The third-order valence-corrected chi connectivity index (χ3v) is 3.76. The van der Waals surface area contributed by atoms with Gasteiger partial charge in [0.1, 0.15) is 11.5 Å². The molecule has 3 N–H and O–H groups in total. The highest BCUT2D eigenvalue weighted by Crippen LogP contribution is 2.24. The maximum absolute atomic E-state index is 11.8. The Hall–Kier alpha value is -3.29. The first kappa shape index (κ1) is 20.0. The van der Waals surface area contributed by atoms with Gasteiger partial charge in [-0.3, -0.25) is 25.2 Å². The van der Waals surface area contributed by atoms with Gasteiger partial charge in [-0.05, 0) is 42.2 Å². The molecule has 2 rings (SSSR count). The minimum atomic E-state index is -0.993. The fraction of sp³-hybridized carbons (Fsp3) is 0.316. The number of nitrogens with one attached hydrogen (secondary N) is 3. The Kier molecular flexibility index (Phi) is 6.99. The normalized spacial score (nSPS) is 10.4. The Morgan fingerprint density at radius 2 is 1.89 bits per heavy atom. The van der Waals surface area contributed by atoms with E-state index in [1.54, 1.807) is 12.1 Å². The lowest BCUT2D eigenvalue weighted by Gasteiger charge is -2.13. The van der Waals surface area contributed by atoms with Crippen LogP contribution in [-0.2, 0) is 20.9 Å². The molecule has 8 nitrogen and oxygen atoms in total. The van der Waals surface area contributed by atoms with E-state index in [9.17, 15) is 14.4 Å². The van der Waals surface area contributed by atoms with Crippen molar-refractivity contribution >= 4 is 17.7 Å². The predicted molar refractivity (Wildman–Crippen MR) is 97.6 cm³/mol. The molecule has 0 spiro atoms. The third kappa shape index (κ3) is 6.18. The molecule has 0 aliphatic carbocycles. The number of ether oxygens (including phenoxy) is 1. The summed E-state index contributed by atoms with van der Waals surface area (Å²) < 4.78 is 10.5. The van der Waals surface area contributed by atoms with Crippen LogP contribution in [0.15, 0.2) is 41.0 Å². The molecule has 1 heterocycles. The zero-order valence-corrected chi connectivity index (χ0v) is 15.5. The van der Waals surface area contributed by atoms with E-state index < -0.39 is 17.7 Å². The molecule has 0 aliphatic rings. The Balaban J connectivity index is 1.75. The van der Waals surface area contributed by atoms with Crippen molar-refractivity contribution in [1.82, 2.24) is 16.2 Å². The molecule has 2 aromatic rings. The number of hydrogen-bond acceptors (Lipinski definition) is 5. The first-order chi connectivity index (χ1) is 12.9. The zero-order chi connectivity index (χ0) is 19.8. The SMILES string of the molecule is Cc1ccc(C(C)C)cc1OCC(=O)NNC(=O)C(=O)NCc1ccco1. The molecule has 0 radical (unpaired) electrons. The predicted octanol–water partition coefficient (Wildman–Crippen LogP) is 1.55. The molecule has 1 aromatic heterocycles. The number of benzene rings is 1. The number of aryl methyl sites for hydroxylation is 1. The molecule has 8 heteroatoms. The van der Waals surface area contributed by atoms with Gasteiger partial charge in [0.2, 0.25) is 0 Å². The van der Waals surface area contributed by atoms with Crippen molar-refractivity contribution in [2.75, 3.05) is 6.61 Å². The van der Waals surface area contributed by atoms with Crippen LogP contribution in [0.3, 0.4) is 0 Å². The monoisotopic (exact) mass is 373 g/mol. The van der Waals surface area contributed by atoms with E-state index in [1.807, 2.05) is 30.5 Å². The van der Waals surface area contributed by atoms with Crippen LogP contribution in [0.25, 0.3) is 0 Å². The molecule has 1 aromatic carbocycles. The Labute approximate surface area is 157 Å². The van der Waals surface area contributed by atoms with E-state index in [4.69, 9.17) is 9.15 Å². The first-order valence-electron chi connectivity index (χ1n) is 8.49. The van der Waals surface area contributed by atoms with Crippen LogP contribution in [0.4, 0.5) is 0 Å². The van der Waals surface area contributed by atoms with Gasteiger partial charge in [0.25, 0.3) is 5.91 Å². The molecule has 0 saturated carbocycles. The van der Waals surface area contributed by atoms with E-state index in [2.05, 4.69) is 24.6 Å². The van der Waals surface area contributed by atoms with Crippen molar-refractivity contribution < 1.29 is 23.5 Å². The topological polar surface area (TPSA) is 110 Å². The minimum absolute atomic E-state index is 0.0712. The molecular weight excluding hydrogens is 350 g/mol. The lowest BCUT2D eigenvalue weighted by molar-refractivity contribution is -0.141. The van der Waals surface area contributed by atoms with Crippen molar-refractivity contribution in [2.45, 2.75) is 33.2 Å². The second-order valence-electron chi connectivity index (χ2n) is 6.23. The van der Waals surface area contributed by atoms with Gasteiger partial charge in [-0.15, -0.1) is 0 Å². The Morgan fingerprint density at radius 1 is 1.11 bits per heavy atom. The van der Waals surface area contributed by atoms with E-state index in [-0.39, 0.29) is 13.2 Å². The van der Waals surface area contributed by atoms with Crippen LogP contribution in [-0.4, -0.2) is 24.3 Å². The van der Waals surface area contributed by atoms with E-state index in [1.165, 1.54) is 6.26 Å². The summed E-state index contributed by atoms with van der Waals surface area (Å²) in [6.07, 6.45) is 1.46. The number of hydrazine groups is 1. The lowest BCUT2D eigenvalue weighted by atomic mass is 10.0. The summed E-state index contributed by atoms with van der Waals surface area (Å²) >= 11 is 0. The second kappa shape index (κ2) is 9.42. The maximum atomic E-state index is 11.8. The fourth-order valence-electron chi connectivity index (χ4n) is 2.15. The summed E-state index contributed by atoms with van der Waals surface area (Å²) in [6.45, 7) is 5.78. The maximum Gasteiger partial charge on any atom is 0.327 e. The second-order valence-corrected chi connectivity index (χ2v) is 6.23. The highest BCUT2D eigenvalue weighted by atomic mass is 16.5. The molecule has 0 aliphatic heterocycles. The third-order valence-electron chi connectivity index (χ3n) is 3.76. The van der Waals surface area contributed by atoms with Crippen LogP contribution in [0, 0.1) is 6.92 Å². The van der Waals surface area contributed by atoms with Gasteiger partial charge in [0.15, 0.2) is 6.61 Å². The molecule has 0 atom stereocenters. The molecular formula is C19H23N3O5. The molecule has 27 heavy (non-hydrogen) atoms. The zero-order valence-electron chi connectivity index (χ0n) is 15.5. The number of carbonyl (C=O) groups excluding carboxylic acids is 3. The number of furan rings is 1. The highest BCUT2D eigenvalue weighted by molar-refractivity contribution is 6.35. The smallest absolute Gasteiger partial charge is 0.327 e. The summed E-state index contributed by atoms with van der Waals surface area (Å²) in [5.74, 6) is -1.04. The van der Waals surface area contributed by atoms with Crippen LogP contribution < -0.4 is 20.9 Å². The van der Waals surface area contributed by atoms with Crippen LogP contribution >= 0.6 is 0 Å². The summed E-state index contributed by atoms with van der Waals surface area (Å²) in [5.41, 5.74) is 6.16.